The Bertz CT molecular complexity index is 1090. The molecule has 0 spiro atoms. The number of aryl methyl sites for hydroxylation is 1. The zero-order valence-corrected chi connectivity index (χ0v) is 17.6. The molecule has 1 unspecified atom stereocenters. The zero-order valence-electron chi connectivity index (χ0n) is 17.6. The molecule has 1 aliphatic carbocycles. The molecule has 4 heterocycles. The molecule has 1 aromatic carbocycles. The second-order valence-corrected chi connectivity index (χ2v) is 8.88. The lowest BCUT2D eigenvalue weighted by Gasteiger charge is -2.32. The number of hydrogen-bond donors (Lipinski definition) is 2. The van der Waals surface area contributed by atoms with Gasteiger partial charge in [-0.3, -0.25) is 4.90 Å². The van der Waals surface area contributed by atoms with Crippen LogP contribution in [0.2, 0.25) is 0 Å². The molecule has 6 nitrogen and oxygen atoms in total. The van der Waals surface area contributed by atoms with Gasteiger partial charge in [0.15, 0.2) is 0 Å². The summed E-state index contributed by atoms with van der Waals surface area (Å²) in [6.07, 6.45) is 0.554. The minimum absolute atomic E-state index is 0.0294. The molecule has 2 aliphatic heterocycles. The summed E-state index contributed by atoms with van der Waals surface area (Å²) < 4.78 is 42.3. The molecule has 3 N–H and O–H groups in total. The van der Waals surface area contributed by atoms with E-state index in [0.29, 0.717) is 0 Å². The maximum atomic E-state index is 12.2. The van der Waals surface area contributed by atoms with Crippen LogP contribution in [0, 0.1) is 11.8 Å². The molecule has 0 bridgehead atoms. The molecule has 2 saturated heterocycles. The second-order valence-electron chi connectivity index (χ2n) is 8.88. The Morgan fingerprint density at radius 3 is 2.47 bits per heavy atom. The van der Waals surface area contributed by atoms with Crippen LogP contribution in [0.15, 0.2) is 36.7 Å². The predicted molar refractivity (Wildman–Crippen MR) is 115 cm³/mol. The lowest BCUT2D eigenvalue weighted by Crippen LogP contribution is -2.38. The third-order valence-corrected chi connectivity index (χ3v) is 6.87. The number of nitrogens with zero attached hydrogens (tertiary/aromatic N) is 3. The fraction of sp³-hybridized carbons (Fsp3) is 0.478. The SMILES string of the molecule is Nc1ncnc2[nH]c(C(F)(F)F)cc12.c1ccc2c(c1)CC[C@H](N1CC3COC[C@@H]3C1)C2. The quantitative estimate of drug-likeness (QED) is 0.597. The van der Waals surface area contributed by atoms with E-state index < -0.39 is 11.9 Å². The van der Waals surface area contributed by atoms with Crippen LogP contribution in [0.25, 0.3) is 11.0 Å². The number of aromatic nitrogens is 3. The average molecular weight is 445 g/mol. The number of aromatic amines is 1. The number of H-pyrrole nitrogens is 1. The topological polar surface area (TPSA) is 80.1 Å². The molecule has 0 amide bonds. The molecule has 3 aromatic rings. The monoisotopic (exact) mass is 445 g/mol. The Morgan fingerprint density at radius 1 is 1.06 bits per heavy atom. The summed E-state index contributed by atoms with van der Waals surface area (Å²) in [7, 11) is 0. The van der Waals surface area contributed by atoms with Crippen molar-refractivity contribution >= 4 is 16.9 Å². The highest BCUT2D eigenvalue weighted by Gasteiger charge is 2.40. The standard InChI is InChI=1S/C16H21NO.C7H5F3N4/c1-2-4-13-7-16(6-5-12(13)3-1)17-8-14-10-18-11-15(14)9-17;8-7(9,10)4-1-3-5(11)12-2-13-6(3)14-4/h1-4,14-16H,5-11H2;1-2H,(H3,11,12,13,14)/t14-,15?,16-;/m0./s1. The van der Waals surface area contributed by atoms with E-state index in [1.54, 1.807) is 11.1 Å². The van der Waals surface area contributed by atoms with E-state index in [1.165, 1.54) is 32.4 Å². The number of nitrogens with one attached hydrogen (secondary N) is 1. The zero-order chi connectivity index (χ0) is 22.3. The van der Waals surface area contributed by atoms with Crippen LogP contribution in [0.3, 0.4) is 0 Å². The smallest absolute Gasteiger partial charge is 0.383 e. The highest BCUT2D eigenvalue weighted by Crippen LogP contribution is 2.34. The first kappa shape index (κ1) is 21.2. The van der Waals surface area contributed by atoms with E-state index in [0.717, 1.165) is 43.5 Å². The number of ether oxygens (including phenoxy) is 1. The van der Waals surface area contributed by atoms with Crippen LogP contribution in [0.4, 0.5) is 19.0 Å². The lowest BCUT2D eigenvalue weighted by molar-refractivity contribution is -0.140. The molecule has 2 fully saturated rings. The van der Waals surface area contributed by atoms with Crippen molar-refractivity contribution in [1.82, 2.24) is 19.9 Å². The van der Waals surface area contributed by atoms with Gasteiger partial charge >= 0.3 is 6.18 Å². The van der Waals surface area contributed by atoms with Crippen molar-refractivity contribution in [2.75, 3.05) is 32.0 Å². The molecular formula is C23H26F3N5O. The number of anilines is 1. The molecular weight excluding hydrogens is 419 g/mol. The maximum Gasteiger partial charge on any atom is 0.431 e. The summed E-state index contributed by atoms with van der Waals surface area (Å²) in [6, 6.07) is 10.7. The van der Waals surface area contributed by atoms with Crippen molar-refractivity contribution in [2.45, 2.75) is 31.5 Å². The Morgan fingerprint density at radius 2 is 1.78 bits per heavy atom. The summed E-state index contributed by atoms with van der Waals surface area (Å²) in [6.45, 7) is 4.56. The fourth-order valence-electron chi connectivity index (χ4n) is 5.12. The van der Waals surface area contributed by atoms with Gasteiger partial charge in [0.05, 0.1) is 18.6 Å². The van der Waals surface area contributed by atoms with Crippen LogP contribution < -0.4 is 5.73 Å². The minimum atomic E-state index is -4.42. The number of fused-ring (bicyclic) bond motifs is 3. The first-order chi connectivity index (χ1) is 15.4. The molecule has 3 aliphatic rings. The van der Waals surface area contributed by atoms with Gasteiger partial charge in [-0.2, -0.15) is 13.2 Å². The number of nitrogens with two attached hydrogens (primary N) is 1. The van der Waals surface area contributed by atoms with Gasteiger partial charge in [-0.15, -0.1) is 0 Å². The minimum Gasteiger partial charge on any atom is -0.383 e. The first-order valence-electron chi connectivity index (χ1n) is 10.9. The van der Waals surface area contributed by atoms with Crippen molar-refractivity contribution in [2.24, 2.45) is 11.8 Å². The highest BCUT2D eigenvalue weighted by molar-refractivity contribution is 5.86. The normalized spacial score (nSPS) is 25.3. The number of likely N-dealkylation sites (tertiary alicyclic amines) is 1. The maximum absolute atomic E-state index is 12.2. The van der Waals surface area contributed by atoms with Crippen LogP contribution in [0.1, 0.15) is 23.2 Å². The summed E-state index contributed by atoms with van der Waals surface area (Å²) >= 11 is 0. The molecule has 2 aromatic heterocycles. The number of rotatable bonds is 1. The summed E-state index contributed by atoms with van der Waals surface area (Å²) in [5.74, 6) is 1.67. The van der Waals surface area contributed by atoms with Crippen molar-refractivity contribution < 1.29 is 17.9 Å². The van der Waals surface area contributed by atoms with Crippen LogP contribution in [0.5, 0.6) is 0 Å². The third kappa shape index (κ3) is 4.19. The molecule has 3 atom stereocenters. The van der Waals surface area contributed by atoms with Gasteiger partial charge in [-0.05, 0) is 36.5 Å². The first-order valence-corrected chi connectivity index (χ1v) is 10.9. The fourth-order valence-corrected chi connectivity index (χ4v) is 5.12. The predicted octanol–water partition coefficient (Wildman–Crippen LogP) is 3.68. The number of halogens is 3. The summed E-state index contributed by atoms with van der Waals surface area (Å²) in [5.41, 5.74) is 7.75. The number of benzene rings is 1. The van der Waals surface area contributed by atoms with Crippen molar-refractivity contribution in [1.29, 1.82) is 0 Å². The summed E-state index contributed by atoms with van der Waals surface area (Å²) in [4.78, 5) is 12.1. The van der Waals surface area contributed by atoms with E-state index in [-0.39, 0.29) is 16.9 Å². The van der Waals surface area contributed by atoms with E-state index in [9.17, 15) is 13.2 Å². The van der Waals surface area contributed by atoms with Gasteiger partial charge in [0.2, 0.25) is 0 Å². The van der Waals surface area contributed by atoms with Crippen molar-refractivity contribution in [3.63, 3.8) is 0 Å². The number of alkyl halides is 3. The van der Waals surface area contributed by atoms with Crippen molar-refractivity contribution in [3.8, 4) is 0 Å². The molecule has 170 valence electrons. The lowest BCUT2D eigenvalue weighted by atomic mass is 9.87. The Kier molecular flexibility index (Phi) is 5.54. The molecule has 6 rings (SSSR count). The molecule has 32 heavy (non-hydrogen) atoms. The Labute approximate surface area is 184 Å². The van der Waals surface area contributed by atoms with Gasteiger partial charge in [-0.25, -0.2) is 9.97 Å². The van der Waals surface area contributed by atoms with Crippen LogP contribution in [-0.4, -0.2) is 52.2 Å². The van der Waals surface area contributed by atoms with E-state index in [1.807, 2.05) is 0 Å². The summed E-state index contributed by atoms with van der Waals surface area (Å²) in [5, 5.41) is 0.180. The number of hydrogen-bond acceptors (Lipinski definition) is 5. The highest BCUT2D eigenvalue weighted by atomic mass is 19.4. The average Bonchev–Trinajstić information content (AvgIpc) is 3.48. The molecule has 0 saturated carbocycles. The number of nitrogen functional groups attached to an aromatic ring is 1. The van der Waals surface area contributed by atoms with Crippen LogP contribution in [-0.2, 0) is 23.8 Å². The van der Waals surface area contributed by atoms with Crippen LogP contribution >= 0.6 is 0 Å². The molecule has 0 radical (unpaired) electrons. The van der Waals surface area contributed by atoms with Gasteiger partial charge in [0.25, 0.3) is 0 Å². The van der Waals surface area contributed by atoms with Gasteiger partial charge in [0.1, 0.15) is 23.5 Å². The Balaban J connectivity index is 0.000000140. The third-order valence-electron chi connectivity index (χ3n) is 6.87. The largest absolute Gasteiger partial charge is 0.431 e. The van der Waals surface area contributed by atoms with Gasteiger partial charge < -0.3 is 15.5 Å². The van der Waals surface area contributed by atoms with Gasteiger partial charge in [0, 0.05) is 31.0 Å². The van der Waals surface area contributed by atoms with Gasteiger partial charge in [-0.1, -0.05) is 24.3 Å². The Hall–Kier alpha value is -2.65. The van der Waals surface area contributed by atoms with Crippen molar-refractivity contribution in [3.05, 3.63) is 53.5 Å². The molecule has 9 heteroatoms. The second kappa shape index (κ2) is 8.37. The van der Waals surface area contributed by atoms with E-state index in [4.69, 9.17) is 10.5 Å². The van der Waals surface area contributed by atoms with E-state index in [2.05, 4.69) is 44.1 Å². The van der Waals surface area contributed by atoms with E-state index >= 15 is 0 Å².